The van der Waals surface area contributed by atoms with E-state index >= 15 is 0 Å². The summed E-state index contributed by atoms with van der Waals surface area (Å²) in [6.07, 6.45) is 5.10. The molecule has 6 nitrogen and oxygen atoms in total. The standard InChI is InChI=1S/C22H38N4O2S.HI/c1-17(2)13-22(11-8-12-22)16-25-21(23-5)24-14-19-9-6-7-10-20(19)15-29(27,28)26-18(3)4;/h6-7,9-10,17-18,26H,8,11-16H2,1-5H3,(H2,23,24,25);1H. The average Bonchev–Trinajstić information content (AvgIpc) is 2.58. The lowest BCUT2D eigenvalue weighted by Gasteiger charge is -2.43. The van der Waals surface area contributed by atoms with Gasteiger partial charge in [0.1, 0.15) is 0 Å². The summed E-state index contributed by atoms with van der Waals surface area (Å²) in [5.74, 6) is 1.44. The minimum atomic E-state index is -3.36. The Balaban J connectivity index is 0.00000450. The predicted octanol–water partition coefficient (Wildman–Crippen LogP) is 4.01. The number of nitrogens with zero attached hydrogens (tertiary/aromatic N) is 1. The highest BCUT2D eigenvalue weighted by atomic mass is 127. The van der Waals surface area contributed by atoms with E-state index in [0.717, 1.165) is 23.6 Å². The van der Waals surface area contributed by atoms with Gasteiger partial charge in [-0.25, -0.2) is 13.1 Å². The molecule has 0 bridgehead atoms. The molecule has 0 amide bonds. The van der Waals surface area contributed by atoms with Crippen LogP contribution < -0.4 is 15.4 Å². The molecule has 0 aliphatic heterocycles. The summed E-state index contributed by atoms with van der Waals surface area (Å²) in [6, 6.07) is 7.54. The van der Waals surface area contributed by atoms with Gasteiger partial charge in [0.05, 0.1) is 5.75 Å². The molecule has 8 heteroatoms. The van der Waals surface area contributed by atoms with E-state index in [0.29, 0.717) is 17.9 Å². The summed E-state index contributed by atoms with van der Waals surface area (Å²) in [5, 5.41) is 6.84. The second-order valence-electron chi connectivity index (χ2n) is 9.03. The van der Waals surface area contributed by atoms with Gasteiger partial charge in [0, 0.05) is 26.2 Å². The summed E-state index contributed by atoms with van der Waals surface area (Å²) in [4.78, 5) is 4.35. The second-order valence-corrected chi connectivity index (χ2v) is 10.8. The topological polar surface area (TPSA) is 82.6 Å². The fourth-order valence-electron chi connectivity index (χ4n) is 4.14. The van der Waals surface area contributed by atoms with E-state index in [1.165, 1.54) is 25.7 Å². The molecule has 1 aromatic rings. The Morgan fingerprint density at radius 3 is 2.23 bits per heavy atom. The van der Waals surface area contributed by atoms with Crippen LogP contribution in [0, 0.1) is 11.3 Å². The molecule has 0 aromatic heterocycles. The van der Waals surface area contributed by atoms with Crippen molar-refractivity contribution in [2.24, 2.45) is 16.3 Å². The zero-order valence-electron chi connectivity index (χ0n) is 19.0. The van der Waals surface area contributed by atoms with Gasteiger partial charge in [-0.2, -0.15) is 0 Å². The van der Waals surface area contributed by atoms with Crippen LogP contribution in [0.5, 0.6) is 0 Å². The van der Waals surface area contributed by atoms with Crippen molar-refractivity contribution >= 4 is 40.0 Å². The van der Waals surface area contributed by atoms with Crippen LogP contribution in [0.25, 0.3) is 0 Å². The minimum absolute atomic E-state index is 0. The second kappa shape index (κ2) is 12.2. The van der Waals surface area contributed by atoms with Gasteiger partial charge in [-0.15, -0.1) is 24.0 Å². The van der Waals surface area contributed by atoms with Crippen molar-refractivity contribution in [1.29, 1.82) is 0 Å². The molecule has 2 rings (SSSR count). The largest absolute Gasteiger partial charge is 0.356 e. The summed E-state index contributed by atoms with van der Waals surface area (Å²) in [7, 11) is -1.59. The van der Waals surface area contributed by atoms with Crippen LogP contribution in [-0.2, 0) is 22.3 Å². The van der Waals surface area contributed by atoms with E-state index in [9.17, 15) is 8.42 Å². The van der Waals surface area contributed by atoms with E-state index in [1.807, 2.05) is 38.1 Å². The van der Waals surface area contributed by atoms with E-state index in [2.05, 4.69) is 34.2 Å². The monoisotopic (exact) mass is 550 g/mol. The molecule has 0 radical (unpaired) electrons. The van der Waals surface area contributed by atoms with Gasteiger partial charge in [-0.05, 0) is 55.6 Å². The van der Waals surface area contributed by atoms with Gasteiger partial charge < -0.3 is 10.6 Å². The fourth-order valence-corrected chi connectivity index (χ4v) is 5.64. The maximum Gasteiger partial charge on any atom is 0.216 e. The van der Waals surface area contributed by atoms with Gasteiger partial charge in [-0.1, -0.05) is 44.5 Å². The van der Waals surface area contributed by atoms with Crippen LogP contribution in [0.1, 0.15) is 64.5 Å². The molecule has 0 unspecified atom stereocenters. The van der Waals surface area contributed by atoms with E-state index < -0.39 is 10.0 Å². The van der Waals surface area contributed by atoms with Gasteiger partial charge in [0.15, 0.2) is 5.96 Å². The van der Waals surface area contributed by atoms with Crippen molar-refractivity contribution in [3.63, 3.8) is 0 Å². The summed E-state index contributed by atoms with van der Waals surface area (Å²) in [5.41, 5.74) is 2.16. The van der Waals surface area contributed by atoms with Crippen LogP contribution >= 0.6 is 24.0 Å². The average molecular weight is 551 g/mol. The molecule has 0 heterocycles. The minimum Gasteiger partial charge on any atom is -0.356 e. The first-order chi connectivity index (χ1) is 13.6. The molecule has 1 saturated carbocycles. The SMILES string of the molecule is CN=C(NCc1ccccc1CS(=O)(=O)NC(C)C)NCC1(CC(C)C)CCC1.I. The Morgan fingerprint density at radius 1 is 1.10 bits per heavy atom. The smallest absolute Gasteiger partial charge is 0.216 e. The van der Waals surface area contributed by atoms with Crippen molar-refractivity contribution in [2.45, 2.75) is 71.7 Å². The zero-order valence-corrected chi connectivity index (χ0v) is 22.1. The third kappa shape index (κ3) is 8.70. The van der Waals surface area contributed by atoms with Crippen LogP contribution in [0.2, 0.25) is 0 Å². The molecule has 1 aliphatic rings. The Morgan fingerprint density at radius 2 is 1.73 bits per heavy atom. The molecular weight excluding hydrogens is 511 g/mol. The summed E-state index contributed by atoms with van der Waals surface area (Å²) >= 11 is 0. The number of benzene rings is 1. The molecule has 30 heavy (non-hydrogen) atoms. The highest BCUT2D eigenvalue weighted by Gasteiger charge is 2.37. The van der Waals surface area contributed by atoms with Crippen molar-refractivity contribution in [2.75, 3.05) is 13.6 Å². The van der Waals surface area contributed by atoms with Gasteiger partial charge in [-0.3, -0.25) is 4.99 Å². The quantitative estimate of drug-likeness (QED) is 0.234. The van der Waals surface area contributed by atoms with E-state index in [-0.39, 0.29) is 35.8 Å². The Kier molecular flexibility index (Phi) is 11.1. The van der Waals surface area contributed by atoms with Gasteiger partial charge in [0.25, 0.3) is 0 Å². The highest BCUT2D eigenvalue weighted by molar-refractivity contribution is 14.0. The number of sulfonamides is 1. The molecule has 1 aliphatic carbocycles. The lowest BCUT2D eigenvalue weighted by molar-refractivity contribution is 0.104. The Hall–Kier alpha value is -0.870. The number of halogens is 1. The molecule has 0 atom stereocenters. The molecule has 0 spiro atoms. The fraction of sp³-hybridized carbons (Fsp3) is 0.682. The highest BCUT2D eigenvalue weighted by Crippen LogP contribution is 2.45. The van der Waals surface area contributed by atoms with Gasteiger partial charge >= 0.3 is 0 Å². The first-order valence-electron chi connectivity index (χ1n) is 10.7. The van der Waals surface area contributed by atoms with Crippen molar-refractivity contribution < 1.29 is 8.42 Å². The number of aliphatic imine (C=N–C) groups is 1. The van der Waals surface area contributed by atoms with Gasteiger partial charge in [0.2, 0.25) is 10.0 Å². The first kappa shape index (κ1) is 27.2. The lowest BCUT2D eigenvalue weighted by Crippen LogP contribution is -2.46. The third-order valence-corrected chi connectivity index (χ3v) is 6.96. The van der Waals surface area contributed by atoms with Crippen molar-refractivity contribution in [1.82, 2.24) is 15.4 Å². The number of hydrogen-bond donors (Lipinski definition) is 3. The normalized spacial score (nSPS) is 16.2. The number of nitrogens with one attached hydrogen (secondary N) is 3. The molecular formula is C22H39IN4O2S. The Bertz CT molecular complexity index is 790. The molecule has 1 aromatic carbocycles. The third-order valence-electron chi connectivity index (χ3n) is 5.44. The van der Waals surface area contributed by atoms with Crippen molar-refractivity contribution in [3.05, 3.63) is 35.4 Å². The van der Waals surface area contributed by atoms with Crippen LogP contribution in [0.15, 0.2) is 29.3 Å². The van der Waals surface area contributed by atoms with E-state index in [4.69, 9.17) is 0 Å². The summed E-state index contributed by atoms with van der Waals surface area (Å²) < 4.78 is 27.3. The van der Waals surface area contributed by atoms with Crippen molar-refractivity contribution in [3.8, 4) is 0 Å². The zero-order chi connectivity index (χ0) is 21.5. The van der Waals surface area contributed by atoms with E-state index in [1.54, 1.807) is 7.05 Å². The maximum atomic E-state index is 12.3. The molecule has 1 fully saturated rings. The molecule has 3 N–H and O–H groups in total. The lowest BCUT2D eigenvalue weighted by atomic mass is 9.64. The molecule has 0 saturated heterocycles. The molecule has 172 valence electrons. The predicted molar refractivity (Wildman–Crippen MR) is 137 cm³/mol. The summed E-state index contributed by atoms with van der Waals surface area (Å²) in [6.45, 7) is 9.69. The van der Waals surface area contributed by atoms with Crippen LogP contribution in [-0.4, -0.2) is 34.0 Å². The number of hydrogen-bond acceptors (Lipinski definition) is 3. The number of rotatable bonds is 10. The first-order valence-corrected chi connectivity index (χ1v) is 12.3. The van der Waals surface area contributed by atoms with Crippen LogP contribution in [0.3, 0.4) is 0 Å². The Labute approximate surface area is 200 Å². The maximum absolute atomic E-state index is 12.3. The number of guanidine groups is 1. The van der Waals surface area contributed by atoms with Crippen LogP contribution in [0.4, 0.5) is 0 Å².